The van der Waals surface area contributed by atoms with E-state index in [9.17, 15) is 9.18 Å². The minimum atomic E-state index is -0.260. The summed E-state index contributed by atoms with van der Waals surface area (Å²) >= 11 is 0. The van der Waals surface area contributed by atoms with Crippen molar-refractivity contribution >= 4 is 5.91 Å². The maximum atomic E-state index is 14.1. The highest BCUT2D eigenvalue weighted by Gasteiger charge is 2.26. The molecule has 1 N–H and O–H groups in total. The predicted octanol–water partition coefficient (Wildman–Crippen LogP) is 4.59. The number of aryl methyl sites for hydroxylation is 1. The molecule has 33 heavy (non-hydrogen) atoms. The molecule has 3 aromatic rings. The Kier molecular flexibility index (Phi) is 6.28. The van der Waals surface area contributed by atoms with E-state index in [0.29, 0.717) is 5.56 Å². The summed E-state index contributed by atoms with van der Waals surface area (Å²) in [7, 11) is 0. The normalized spacial score (nSPS) is 22.2. The monoisotopic (exact) mass is 449 g/mol. The lowest BCUT2D eigenvalue weighted by Gasteiger charge is -2.30. The van der Waals surface area contributed by atoms with E-state index < -0.39 is 0 Å². The van der Waals surface area contributed by atoms with Crippen LogP contribution in [0.3, 0.4) is 0 Å². The number of carbonyl (C=O) groups excluding carboxylic acids is 1. The van der Waals surface area contributed by atoms with Crippen LogP contribution in [0.1, 0.15) is 49.3 Å². The van der Waals surface area contributed by atoms with Crippen molar-refractivity contribution in [1.29, 1.82) is 0 Å². The van der Waals surface area contributed by atoms with Gasteiger partial charge in [-0.05, 0) is 74.4 Å². The molecule has 0 radical (unpaired) electrons. The van der Waals surface area contributed by atoms with E-state index in [1.807, 2.05) is 30.3 Å². The Labute approximate surface area is 192 Å². The molecule has 2 aliphatic rings. The minimum absolute atomic E-state index is 0.00792. The van der Waals surface area contributed by atoms with Crippen LogP contribution in [0.25, 0.3) is 0 Å². The van der Waals surface area contributed by atoms with Crippen LogP contribution in [-0.4, -0.2) is 27.8 Å². The number of halogens is 1. The standard InChI is InChI=1S/C26H28FN3O3/c27-23-5-2-1-4-22(23)25-12-6-18-16-21(11-13-24(18)33-25)32-20-9-7-19(8-10-20)29-26(31)17-30-15-3-14-28-30/h1-5,11,13-16,19-20,25H,6-10,12,17H2,(H,29,31)/t19-,20-,25?. The van der Waals surface area contributed by atoms with Gasteiger partial charge in [0.15, 0.2) is 0 Å². The Balaban J connectivity index is 1.12. The number of hydrogen-bond donors (Lipinski definition) is 1. The number of hydrogen-bond acceptors (Lipinski definition) is 4. The van der Waals surface area contributed by atoms with Gasteiger partial charge >= 0.3 is 0 Å². The van der Waals surface area contributed by atoms with Crippen molar-refractivity contribution in [2.75, 3.05) is 0 Å². The van der Waals surface area contributed by atoms with Crippen LogP contribution in [-0.2, 0) is 17.8 Å². The van der Waals surface area contributed by atoms with Gasteiger partial charge in [-0.15, -0.1) is 0 Å². The van der Waals surface area contributed by atoms with Crippen molar-refractivity contribution in [2.24, 2.45) is 0 Å². The molecule has 1 unspecified atom stereocenters. The molecule has 7 heteroatoms. The topological polar surface area (TPSA) is 65.4 Å². The molecule has 2 aromatic carbocycles. The summed E-state index contributed by atoms with van der Waals surface area (Å²) in [4.78, 5) is 12.2. The van der Waals surface area contributed by atoms with Crippen LogP contribution < -0.4 is 14.8 Å². The number of aromatic nitrogens is 2. The summed E-state index contributed by atoms with van der Waals surface area (Å²) in [5, 5.41) is 7.18. The smallest absolute Gasteiger partial charge is 0.241 e. The molecule has 1 atom stereocenters. The fourth-order valence-electron chi connectivity index (χ4n) is 4.73. The number of nitrogens with zero attached hydrogens (tertiary/aromatic N) is 2. The van der Waals surface area contributed by atoms with E-state index >= 15 is 0 Å². The minimum Gasteiger partial charge on any atom is -0.490 e. The molecule has 2 heterocycles. The van der Waals surface area contributed by atoms with Crippen LogP contribution >= 0.6 is 0 Å². The van der Waals surface area contributed by atoms with Crippen LogP contribution in [0.15, 0.2) is 60.9 Å². The lowest BCUT2D eigenvalue weighted by atomic mass is 9.92. The summed E-state index contributed by atoms with van der Waals surface area (Å²) in [5.74, 6) is 1.41. The van der Waals surface area contributed by atoms with E-state index in [2.05, 4.69) is 10.4 Å². The number of carbonyl (C=O) groups is 1. The number of amides is 1. The highest BCUT2D eigenvalue weighted by molar-refractivity contribution is 5.75. The number of ether oxygens (including phenoxy) is 2. The molecule has 1 fully saturated rings. The maximum Gasteiger partial charge on any atom is 0.241 e. The number of rotatable bonds is 6. The van der Waals surface area contributed by atoms with Gasteiger partial charge in [0.2, 0.25) is 5.91 Å². The second-order valence-electron chi connectivity index (χ2n) is 8.80. The molecule has 1 aliphatic carbocycles. The third kappa shape index (κ3) is 5.18. The van der Waals surface area contributed by atoms with Gasteiger partial charge in [-0.1, -0.05) is 18.2 Å². The van der Waals surface area contributed by atoms with Gasteiger partial charge < -0.3 is 14.8 Å². The van der Waals surface area contributed by atoms with E-state index in [0.717, 1.165) is 55.6 Å². The van der Waals surface area contributed by atoms with E-state index in [1.54, 1.807) is 29.2 Å². The molecule has 5 rings (SSSR count). The highest BCUT2D eigenvalue weighted by atomic mass is 19.1. The van der Waals surface area contributed by atoms with Crippen LogP contribution in [0.5, 0.6) is 11.5 Å². The summed E-state index contributed by atoms with van der Waals surface area (Å²) in [6.45, 7) is 0.248. The number of nitrogens with one attached hydrogen (secondary N) is 1. The van der Waals surface area contributed by atoms with E-state index in [4.69, 9.17) is 9.47 Å². The summed E-state index contributed by atoms with van der Waals surface area (Å²) < 4.78 is 28.1. The largest absolute Gasteiger partial charge is 0.490 e. The van der Waals surface area contributed by atoms with Gasteiger partial charge in [0.1, 0.15) is 30.0 Å². The zero-order valence-corrected chi connectivity index (χ0v) is 18.5. The average molecular weight is 450 g/mol. The Bertz CT molecular complexity index is 1090. The lowest BCUT2D eigenvalue weighted by Crippen LogP contribution is -2.41. The van der Waals surface area contributed by atoms with E-state index in [-0.39, 0.29) is 36.5 Å². The van der Waals surface area contributed by atoms with Gasteiger partial charge in [-0.2, -0.15) is 5.10 Å². The second-order valence-corrected chi connectivity index (χ2v) is 8.80. The van der Waals surface area contributed by atoms with Gasteiger partial charge in [-0.25, -0.2) is 4.39 Å². The molecule has 1 aliphatic heterocycles. The molecule has 1 saturated carbocycles. The first-order valence-electron chi connectivity index (χ1n) is 11.6. The summed E-state index contributed by atoms with van der Waals surface area (Å²) in [6, 6.07) is 14.7. The quantitative estimate of drug-likeness (QED) is 0.598. The first-order chi connectivity index (χ1) is 16.1. The molecule has 0 bridgehead atoms. The van der Waals surface area contributed by atoms with Crippen molar-refractivity contribution in [1.82, 2.24) is 15.1 Å². The van der Waals surface area contributed by atoms with Crippen molar-refractivity contribution < 1.29 is 18.7 Å². The maximum absolute atomic E-state index is 14.1. The molecular formula is C26H28FN3O3. The Morgan fingerprint density at radius 1 is 1.12 bits per heavy atom. The van der Waals surface area contributed by atoms with E-state index in [1.165, 1.54) is 6.07 Å². The van der Waals surface area contributed by atoms with Crippen molar-refractivity contribution in [3.8, 4) is 11.5 Å². The molecule has 6 nitrogen and oxygen atoms in total. The summed E-state index contributed by atoms with van der Waals surface area (Å²) in [6.07, 6.45) is 8.48. The number of benzene rings is 2. The van der Waals surface area contributed by atoms with Gasteiger partial charge in [-0.3, -0.25) is 9.48 Å². The Hall–Kier alpha value is -3.35. The third-order valence-corrected chi connectivity index (χ3v) is 6.44. The highest BCUT2D eigenvalue weighted by Crippen LogP contribution is 2.38. The Morgan fingerprint density at radius 2 is 1.97 bits per heavy atom. The van der Waals surface area contributed by atoms with Gasteiger partial charge in [0.05, 0.1) is 6.10 Å². The van der Waals surface area contributed by atoms with Gasteiger partial charge in [0, 0.05) is 24.0 Å². The zero-order valence-electron chi connectivity index (χ0n) is 18.5. The number of fused-ring (bicyclic) bond motifs is 1. The summed E-state index contributed by atoms with van der Waals surface area (Å²) in [5.41, 5.74) is 1.71. The van der Waals surface area contributed by atoms with Gasteiger partial charge in [0.25, 0.3) is 0 Å². The first-order valence-corrected chi connectivity index (χ1v) is 11.6. The fourth-order valence-corrected chi connectivity index (χ4v) is 4.73. The van der Waals surface area contributed by atoms with Crippen LogP contribution in [0, 0.1) is 5.82 Å². The predicted molar refractivity (Wildman–Crippen MR) is 122 cm³/mol. The Morgan fingerprint density at radius 3 is 2.76 bits per heavy atom. The molecule has 0 saturated heterocycles. The van der Waals surface area contributed by atoms with Crippen LogP contribution in [0.4, 0.5) is 4.39 Å². The average Bonchev–Trinajstić information content (AvgIpc) is 3.33. The lowest BCUT2D eigenvalue weighted by molar-refractivity contribution is -0.122. The molecular weight excluding hydrogens is 421 g/mol. The van der Waals surface area contributed by atoms with Crippen molar-refractivity contribution in [3.63, 3.8) is 0 Å². The third-order valence-electron chi connectivity index (χ3n) is 6.44. The second kappa shape index (κ2) is 9.65. The van der Waals surface area contributed by atoms with Crippen molar-refractivity contribution in [2.45, 2.75) is 63.3 Å². The SMILES string of the molecule is O=C(Cn1cccn1)N[C@H]1CC[C@H](Oc2ccc3c(c2)CCC(c2ccccc2F)O3)CC1. The molecule has 1 aromatic heterocycles. The zero-order chi connectivity index (χ0) is 22.6. The van der Waals surface area contributed by atoms with Crippen molar-refractivity contribution in [3.05, 3.63) is 77.9 Å². The van der Waals surface area contributed by atoms with Crippen LogP contribution in [0.2, 0.25) is 0 Å². The molecule has 172 valence electrons. The first kappa shape index (κ1) is 21.5. The molecule has 1 amide bonds. The molecule has 0 spiro atoms. The fraction of sp³-hybridized carbons (Fsp3) is 0.385.